The second kappa shape index (κ2) is 27.9. The number of primary amides is 1. The van der Waals surface area contributed by atoms with Crippen LogP contribution in [-0.2, 0) is 67.2 Å². The molecule has 1 fully saturated rings. The van der Waals surface area contributed by atoms with Crippen LogP contribution in [0.5, 0.6) is 5.75 Å². The summed E-state index contributed by atoms with van der Waals surface area (Å²) in [6, 6.07) is 13.5. The molecule has 15 N–H and O–H groups in total. The van der Waals surface area contributed by atoms with Crippen LogP contribution in [-0.4, -0.2) is 130 Å². The maximum Gasteiger partial charge on any atom is 0.305 e. The molecule has 23 nitrogen and oxygen atoms in total. The van der Waals surface area contributed by atoms with E-state index in [1.54, 1.807) is 72.9 Å². The van der Waals surface area contributed by atoms with E-state index in [4.69, 9.17) is 11.5 Å². The fraction of sp³-hybridized carbons (Fsp3) is 0.400. The number of fused-ring (bicyclic) bond motifs is 1. The van der Waals surface area contributed by atoms with Gasteiger partial charge in [-0.25, -0.2) is 0 Å². The SMILES string of the molecule is NC(=O)[C@H](Cc1ccccc1)NC(=O)[C@H](CC(=O)O)NC(=O)[C@@H]1CCCCNC(=O)CC(=O)NCCCC[C@H](NC(=O)[C@@H](N)Cc2ccc(O)cc2)C(=O)NCC(=O)N[C@@H](Cc2c[nH]c3ccccc23)C(=O)N1. The molecule has 1 aromatic heterocycles. The van der Waals surface area contributed by atoms with E-state index in [-0.39, 0.29) is 63.8 Å². The average molecular weight is 1010 g/mol. The number of H-pyrrole nitrogens is 1. The number of aromatic hydroxyl groups is 1. The van der Waals surface area contributed by atoms with Crippen LogP contribution < -0.4 is 54.0 Å². The normalized spacial score (nSPS) is 19.2. The summed E-state index contributed by atoms with van der Waals surface area (Å²) in [4.78, 5) is 136. The van der Waals surface area contributed by atoms with Gasteiger partial charge in [-0.3, -0.25) is 47.9 Å². The molecule has 1 aliphatic rings. The molecular formula is C50H63N11O12. The zero-order valence-corrected chi connectivity index (χ0v) is 40.1. The van der Waals surface area contributed by atoms with E-state index in [0.717, 1.165) is 5.52 Å². The third-order valence-electron chi connectivity index (χ3n) is 11.9. The van der Waals surface area contributed by atoms with Gasteiger partial charge in [0, 0.05) is 43.0 Å². The third-order valence-corrected chi connectivity index (χ3v) is 11.9. The van der Waals surface area contributed by atoms with Crippen LogP contribution in [0.4, 0.5) is 0 Å². The van der Waals surface area contributed by atoms with E-state index >= 15 is 0 Å². The third kappa shape index (κ3) is 18.4. The maximum atomic E-state index is 14.4. The highest BCUT2D eigenvalue weighted by Crippen LogP contribution is 2.20. The van der Waals surface area contributed by atoms with Gasteiger partial charge in [0.1, 0.15) is 42.4 Å². The Labute approximate surface area is 420 Å². The predicted molar refractivity (Wildman–Crippen MR) is 264 cm³/mol. The fourth-order valence-electron chi connectivity index (χ4n) is 8.01. The van der Waals surface area contributed by atoms with E-state index in [1.165, 1.54) is 12.1 Å². The van der Waals surface area contributed by atoms with Crippen molar-refractivity contribution in [3.05, 3.63) is 102 Å². The van der Waals surface area contributed by atoms with Crippen molar-refractivity contribution < 1.29 is 58.2 Å². The Kier molecular flexibility index (Phi) is 21.2. The van der Waals surface area contributed by atoms with Crippen LogP contribution in [0.1, 0.15) is 68.1 Å². The molecule has 1 saturated heterocycles. The van der Waals surface area contributed by atoms with Gasteiger partial charge in [0.05, 0.1) is 19.0 Å². The number of nitrogens with one attached hydrogen (secondary N) is 9. The number of carbonyl (C=O) groups is 10. The van der Waals surface area contributed by atoms with Crippen molar-refractivity contribution in [1.29, 1.82) is 0 Å². The van der Waals surface area contributed by atoms with Crippen LogP contribution in [0, 0.1) is 0 Å². The average Bonchev–Trinajstić information content (AvgIpc) is 3.76. The number of benzene rings is 3. The molecule has 0 bridgehead atoms. The number of amides is 9. The number of carbonyl (C=O) groups excluding carboxylic acids is 9. The van der Waals surface area contributed by atoms with E-state index in [0.29, 0.717) is 34.9 Å². The molecule has 390 valence electrons. The van der Waals surface area contributed by atoms with Crippen LogP contribution in [0.3, 0.4) is 0 Å². The molecule has 0 radical (unpaired) electrons. The number of nitrogens with two attached hydrogens (primary N) is 2. The van der Waals surface area contributed by atoms with Crippen LogP contribution in [0.2, 0.25) is 0 Å². The summed E-state index contributed by atoms with van der Waals surface area (Å²) in [6.07, 6.45) is 1.04. The van der Waals surface area contributed by atoms with Crippen LogP contribution in [0.15, 0.2) is 85.1 Å². The summed E-state index contributed by atoms with van der Waals surface area (Å²) in [6.45, 7) is -0.486. The Bertz CT molecular complexity index is 2590. The number of hydrogen-bond donors (Lipinski definition) is 13. The zero-order valence-electron chi connectivity index (χ0n) is 40.1. The quantitative estimate of drug-likeness (QED) is 0.0618. The van der Waals surface area contributed by atoms with E-state index in [9.17, 15) is 58.2 Å². The number of carboxylic acid groups (broad SMARTS) is 1. The van der Waals surface area contributed by atoms with E-state index in [2.05, 4.69) is 47.5 Å². The van der Waals surface area contributed by atoms with Gasteiger partial charge in [-0.2, -0.15) is 0 Å². The topological polar surface area (TPSA) is 375 Å². The first-order valence-corrected chi connectivity index (χ1v) is 23.9. The largest absolute Gasteiger partial charge is 0.508 e. The molecule has 2 heterocycles. The summed E-state index contributed by atoms with van der Waals surface area (Å²) in [5, 5.41) is 40.6. The number of aromatic nitrogens is 1. The molecule has 0 aliphatic carbocycles. The number of rotatable bonds is 15. The zero-order chi connectivity index (χ0) is 52.9. The van der Waals surface area contributed by atoms with Gasteiger partial charge in [0.2, 0.25) is 53.2 Å². The second-order valence-corrected chi connectivity index (χ2v) is 17.7. The number of aliphatic carboxylic acids is 1. The van der Waals surface area contributed by atoms with Gasteiger partial charge in [0.25, 0.3) is 0 Å². The molecular weight excluding hydrogens is 947 g/mol. The molecule has 0 spiro atoms. The number of phenolic OH excluding ortho intramolecular Hbond substituents is 1. The number of hydrogen-bond acceptors (Lipinski definition) is 12. The van der Waals surface area contributed by atoms with Gasteiger partial charge in [-0.05, 0) is 79.8 Å². The predicted octanol–water partition coefficient (Wildman–Crippen LogP) is -1.29. The highest BCUT2D eigenvalue weighted by atomic mass is 16.4. The lowest BCUT2D eigenvalue weighted by Gasteiger charge is -2.26. The smallest absolute Gasteiger partial charge is 0.305 e. The molecule has 73 heavy (non-hydrogen) atoms. The summed E-state index contributed by atoms with van der Waals surface area (Å²) >= 11 is 0. The Hall–Kier alpha value is -8.34. The fourth-order valence-corrected chi connectivity index (χ4v) is 8.01. The van der Waals surface area contributed by atoms with Crippen LogP contribution in [0.25, 0.3) is 10.9 Å². The maximum absolute atomic E-state index is 14.4. The van der Waals surface area contributed by atoms with Crippen molar-refractivity contribution in [2.45, 2.75) is 107 Å². The van der Waals surface area contributed by atoms with Crippen molar-refractivity contribution in [2.24, 2.45) is 11.5 Å². The highest BCUT2D eigenvalue weighted by molar-refractivity contribution is 5.98. The lowest BCUT2D eigenvalue weighted by Crippen LogP contribution is -2.59. The molecule has 3 aromatic carbocycles. The lowest BCUT2D eigenvalue weighted by molar-refractivity contribution is -0.141. The molecule has 9 amide bonds. The Balaban J connectivity index is 1.39. The minimum Gasteiger partial charge on any atom is -0.508 e. The van der Waals surface area contributed by atoms with Crippen molar-refractivity contribution in [3.8, 4) is 5.75 Å². The van der Waals surface area contributed by atoms with E-state index < -0.39 is 115 Å². The molecule has 4 aromatic rings. The first-order valence-electron chi connectivity index (χ1n) is 23.9. The van der Waals surface area contributed by atoms with Crippen molar-refractivity contribution >= 4 is 70.0 Å². The summed E-state index contributed by atoms with van der Waals surface area (Å²) < 4.78 is 0. The monoisotopic (exact) mass is 1010 g/mol. The molecule has 0 saturated carbocycles. The van der Waals surface area contributed by atoms with Gasteiger partial charge >= 0.3 is 5.97 Å². The number of carboxylic acids is 1. The molecule has 5 rings (SSSR count). The Morgan fingerprint density at radius 3 is 2.00 bits per heavy atom. The number of phenols is 1. The van der Waals surface area contributed by atoms with Gasteiger partial charge in [-0.15, -0.1) is 0 Å². The highest BCUT2D eigenvalue weighted by Gasteiger charge is 2.33. The van der Waals surface area contributed by atoms with Crippen molar-refractivity contribution in [2.75, 3.05) is 19.6 Å². The van der Waals surface area contributed by atoms with Crippen molar-refractivity contribution in [1.82, 2.24) is 47.5 Å². The second-order valence-electron chi connectivity index (χ2n) is 17.7. The Morgan fingerprint density at radius 2 is 1.33 bits per heavy atom. The van der Waals surface area contributed by atoms with Gasteiger partial charge in [0.15, 0.2) is 0 Å². The first-order chi connectivity index (χ1) is 34.9. The minimum atomic E-state index is -1.77. The Morgan fingerprint density at radius 1 is 0.685 bits per heavy atom. The summed E-state index contributed by atoms with van der Waals surface area (Å²) in [5.74, 6) is -8.78. The van der Waals surface area contributed by atoms with Gasteiger partial charge < -0.3 is 69.2 Å². The molecule has 23 heteroatoms. The lowest BCUT2D eigenvalue weighted by atomic mass is 10.0. The van der Waals surface area contributed by atoms with E-state index in [1.807, 2.05) is 0 Å². The summed E-state index contributed by atoms with van der Waals surface area (Å²) in [5.41, 5.74) is 14.4. The minimum absolute atomic E-state index is 0.0206. The summed E-state index contributed by atoms with van der Waals surface area (Å²) in [7, 11) is 0. The van der Waals surface area contributed by atoms with Gasteiger partial charge in [-0.1, -0.05) is 60.7 Å². The molecule has 0 unspecified atom stereocenters. The standard InChI is InChI=1S/C50H63N11O12/c51-34(22-30-16-18-32(62)19-17-30)46(69)58-36-14-6-8-20-53-41(63)26-42(64)54-21-9-7-15-37(48(71)61-40(25-44(66)67)50(73)60-38(45(52)68)23-29-10-2-1-3-11-29)59-49(72)39(57-43(65)28-56-47(36)70)24-31-27-55-35-13-5-4-12-33(31)35/h1-5,10-13,16-19,27,34,36-40,55,62H,6-9,14-15,20-26,28,51H2,(H2,52,68)(H,53,63)(H,54,64)(H,56,70)(H,57,65)(H,58,69)(H,59,72)(H,60,73)(H,61,71)(H,66,67)/t34-,36-,37-,38-,39-,40-/m0/s1. The molecule has 1 aliphatic heterocycles. The first kappa shape index (κ1) is 55.6. The van der Waals surface area contributed by atoms with Crippen molar-refractivity contribution in [3.63, 3.8) is 0 Å². The molecule has 6 atom stereocenters. The number of para-hydroxylation sites is 1. The number of aromatic amines is 1. The van der Waals surface area contributed by atoms with Crippen LogP contribution >= 0.6 is 0 Å².